The quantitative estimate of drug-likeness (QED) is 0.893. The molecule has 1 aromatic carbocycles. The van der Waals surface area contributed by atoms with Crippen molar-refractivity contribution in [2.45, 2.75) is 32.7 Å². The molecule has 0 amide bonds. The minimum Gasteiger partial charge on any atom is -0.494 e. The third-order valence-electron chi connectivity index (χ3n) is 2.33. The van der Waals surface area contributed by atoms with Gasteiger partial charge in [0.1, 0.15) is 5.75 Å². The van der Waals surface area contributed by atoms with Crippen molar-refractivity contribution in [1.82, 2.24) is 0 Å². The van der Waals surface area contributed by atoms with Crippen molar-refractivity contribution in [3.63, 3.8) is 0 Å². The van der Waals surface area contributed by atoms with Crippen LogP contribution < -0.4 is 10.5 Å². The summed E-state index contributed by atoms with van der Waals surface area (Å²) in [6.07, 6.45) is 1.88. The van der Waals surface area contributed by atoms with Crippen LogP contribution in [-0.4, -0.2) is 12.6 Å². The van der Waals surface area contributed by atoms with E-state index in [-0.39, 0.29) is 6.04 Å². The number of halogens is 1. The molecule has 0 saturated heterocycles. The van der Waals surface area contributed by atoms with Gasteiger partial charge < -0.3 is 10.5 Å². The molecule has 2 N–H and O–H groups in total. The van der Waals surface area contributed by atoms with Crippen LogP contribution >= 0.6 is 15.9 Å². The van der Waals surface area contributed by atoms with Gasteiger partial charge in [-0.1, -0.05) is 22.9 Å². The van der Waals surface area contributed by atoms with E-state index in [0.717, 1.165) is 23.1 Å². The van der Waals surface area contributed by atoms with E-state index in [1.807, 2.05) is 19.1 Å². The molecule has 0 aliphatic carbocycles. The molecule has 0 fully saturated rings. The van der Waals surface area contributed by atoms with Gasteiger partial charge in [-0.05, 0) is 43.5 Å². The van der Waals surface area contributed by atoms with E-state index in [9.17, 15) is 0 Å². The first-order valence-electron chi connectivity index (χ1n) is 5.34. The van der Waals surface area contributed by atoms with Crippen LogP contribution in [0.4, 0.5) is 0 Å². The van der Waals surface area contributed by atoms with Gasteiger partial charge in [0.2, 0.25) is 0 Å². The lowest BCUT2D eigenvalue weighted by molar-refractivity contribution is 0.339. The first-order valence-corrected chi connectivity index (χ1v) is 6.13. The van der Waals surface area contributed by atoms with E-state index in [2.05, 4.69) is 28.9 Å². The Morgan fingerprint density at radius 2 is 2.13 bits per heavy atom. The Labute approximate surface area is 99.9 Å². The normalized spacial score (nSPS) is 12.5. The lowest BCUT2D eigenvalue weighted by Gasteiger charge is -2.12. The lowest BCUT2D eigenvalue weighted by Crippen LogP contribution is -2.21. The molecule has 0 heterocycles. The molecule has 3 heteroatoms. The summed E-state index contributed by atoms with van der Waals surface area (Å²) in [5.74, 6) is 0.916. The molecule has 1 rings (SSSR count). The fraction of sp³-hybridized carbons (Fsp3) is 0.500. The highest BCUT2D eigenvalue weighted by molar-refractivity contribution is 9.10. The molecule has 1 atom stereocenters. The molecular weight excluding hydrogens is 254 g/mol. The van der Waals surface area contributed by atoms with Gasteiger partial charge in [-0.25, -0.2) is 0 Å². The summed E-state index contributed by atoms with van der Waals surface area (Å²) in [7, 11) is 0. The van der Waals surface area contributed by atoms with Crippen LogP contribution in [0.3, 0.4) is 0 Å². The van der Waals surface area contributed by atoms with Crippen molar-refractivity contribution in [3.8, 4) is 5.75 Å². The van der Waals surface area contributed by atoms with Crippen LogP contribution in [0.5, 0.6) is 5.75 Å². The van der Waals surface area contributed by atoms with E-state index in [4.69, 9.17) is 10.5 Å². The van der Waals surface area contributed by atoms with E-state index >= 15 is 0 Å². The van der Waals surface area contributed by atoms with Crippen molar-refractivity contribution in [1.29, 1.82) is 0 Å². The highest BCUT2D eigenvalue weighted by Gasteiger charge is 2.06. The minimum atomic E-state index is 0.221. The molecule has 1 aromatic rings. The monoisotopic (exact) mass is 271 g/mol. The number of benzene rings is 1. The fourth-order valence-electron chi connectivity index (χ4n) is 1.39. The van der Waals surface area contributed by atoms with Crippen LogP contribution in [0.2, 0.25) is 0 Å². The predicted octanol–water partition coefficient (Wildman–Crippen LogP) is 3.13. The first-order chi connectivity index (χ1) is 7.17. The van der Waals surface area contributed by atoms with E-state index < -0.39 is 0 Å². The lowest BCUT2D eigenvalue weighted by atomic mass is 10.0. The van der Waals surface area contributed by atoms with Crippen molar-refractivity contribution >= 4 is 15.9 Å². The van der Waals surface area contributed by atoms with Gasteiger partial charge in [0, 0.05) is 10.5 Å². The smallest absolute Gasteiger partial charge is 0.119 e. The van der Waals surface area contributed by atoms with E-state index in [1.165, 1.54) is 5.56 Å². The largest absolute Gasteiger partial charge is 0.494 e. The predicted molar refractivity (Wildman–Crippen MR) is 67.3 cm³/mol. The number of hydrogen-bond donors (Lipinski definition) is 1. The minimum absolute atomic E-state index is 0.221. The van der Waals surface area contributed by atoms with Crippen molar-refractivity contribution in [3.05, 3.63) is 28.2 Å². The average molecular weight is 272 g/mol. The summed E-state index contributed by atoms with van der Waals surface area (Å²) in [6, 6.07) is 6.26. The van der Waals surface area contributed by atoms with Crippen molar-refractivity contribution in [2.75, 3.05) is 6.61 Å². The number of ether oxygens (including phenoxy) is 1. The molecule has 15 heavy (non-hydrogen) atoms. The standard InChI is InChI=1S/C12H18BrNO/c1-3-10(14)7-9-8-11(15-4-2)5-6-12(9)13/h5-6,8,10H,3-4,7,14H2,1-2H3/t10-/m1/s1. The van der Waals surface area contributed by atoms with Gasteiger partial charge in [0.25, 0.3) is 0 Å². The summed E-state index contributed by atoms with van der Waals surface area (Å²) >= 11 is 3.53. The summed E-state index contributed by atoms with van der Waals surface area (Å²) < 4.78 is 6.56. The van der Waals surface area contributed by atoms with Crippen molar-refractivity contribution < 1.29 is 4.74 Å². The highest BCUT2D eigenvalue weighted by Crippen LogP contribution is 2.24. The molecule has 0 aromatic heterocycles. The van der Waals surface area contributed by atoms with Crippen LogP contribution in [0, 0.1) is 0 Å². The summed E-state index contributed by atoms with van der Waals surface area (Å²) in [5.41, 5.74) is 7.15. The molecule has 84 valence electrons. The van der Waals surface area contributed by atoms with Gasteiger partial charge in [0.05, 0.1) is 6.61 Å². The van der Waals surface area contributed by atoms with Crippen LogP contribution in [0.15, 0.2) is 22.7 Å². The third kappa shape index (κ3) is 3.84. The first kappa shape index (κ1) is 12.5. The Morgan fingerprint density at radius 3 is 2.73 bits per heavy atom. The Bertz CT molecular complexity index is 314. The zero-order valence-electron chi connectivity index (χ0n) is 9.29. The maximum atomic E-state index is 5.94. The number of nitrogens with two attached hydrogens (primary N) is 1. The highest BCUT2D eigenvalue weighted by atomic mass is 79.9. The molecule has 0 saturated carbocycles. The molecule has 0 aliphatic rings. The maximum Gasteiger partial charge on any atom is 0.119 e. The Morgan fingerprint density at radius 1 is 1.40 bits per heavy atom. The van der Waals surface area contributed by atoms with Gasteiger partial charge in [-0.15, -0.1) is 0 Å². The SMILES string of the molecule is CCOc1ccc(Br)c(C[C@H](N)CC)c1. The number of hydrogen-bond acceptors (Lipinski definition) is 2. The topological polar surface area (TPSA) is 35.2 Å². The second kappa shape index (κ2) is 6.13. The van der Waals surface area contributed by atoms with Gasteiger partial charge in [-0.3, -0.25) is 0 Å². The molecular formula is C12H18BrNO. The van der Waals surface area contributed by atoms with Crippen LogP contribution in [-0.2, 0) is 6.42 Å². The summed E-state index contributed by atoms with van der Waals surface area (Å²) in [5, 5.41) is 0. The van der Waals surface area contributed by atoms with Gasteiger partial charge in [0.15, 0.2) is 0 Å². The average Bonchev–Trinajstić information content (AvgIpc) is 2.23. The molecule has 0 spiro atoms. The second-order valence-corrected chi connectivity index (χ2v) is 4.41. The summed E-state index contributed by atoms with van der Waals surface area (Å²) in [6.45, 7) is 4.78. The summed E-state index contributed by atoms with van der Waals surface area (Å²) in [4.78, 5) is 0. The Kier molecular flexibility index (Phi) is 5.12. The second-order valence-electron chi connectivity index (χ2n) is 3.56. The zero-order chi connectivity index (χ0) is 11.3. The zero-order valence-corrected chi connectivity index (χ0v) is 10.9. The van der Waals surface area contributed by atoms with Gasteiger partial charge in [-0.2, -0.15) is 0 Å². The number of rotatable bonds is 5. The van der Waals surface area contributed by atoms with E-state index in [0.29, 0.717) is 6.61 Å². The molecule has 0 bridgehead atoms. The molecule has 0 aliphatic heterocycles. The van der Waals surface area contributed by atoms with E-state index in [1.54, 1.807) is 0 Å². The molecule has 2 nitrogen and oxygen atoms in total. The van der Waals surface area contributed by atoms with Crippen LogP contribution in [0.25, 0.3) is 0 Å². The third-order valence-corrected chi connectivity index (χ3v) is 3.11. The van der Waals surface area contributed by atoms with Crippen LogP contribution in [0.1, 0.15) is 25.8 Å². The van der Waals surface area contributed by atoms with Crippen molar-refractivity contribution in [2.24, 2.45) is 5.73 Å². The fourth-order valence-corrected chi connectivity index (χ4v) is 1.80. The maximum absolute atomic E-state index is 5.94. The Balaban J connectivity index is 2.80. The Hall–Kier alpha value is -0.540. The molecule has 0 unspecified atom stereocenters. The van der Waals surface area contributed by atoms with Gasteiger partial charge >= 0.3 is 0 Å². The molecule has 0 radical (unpaired) electrons.